The summed E-state index contributed by atoms with van der Waals surface area (Å²) < 4.78 is 5.20. The zero-order valence-corrected chi connectivity index (χ0v) is 13.4. The van der Waals surface area contributed by atoms with Crippen LogP contribution in [-0.2, 0) is 16.1 Å². The Labute approximate surface area is 132 Å². The van der Waals surface area contributed by atoms with Gasteiger partial charge in [-0.3, -0.25) is 9.78 Å². The first-order valence-electron chi connectivity index (χ1n) is 8.46. The number of rotatable bonds is 6. The number of hydrogen-bond acceptors (Lipinski definition) is 3. The Bertz CT molecular complexity index is 491. The van der Waals surface area contributed by atoms with Crippen molar-refractivity contribution in [1.29, 1.82) is 0 Å². The number of fused-ring (bicyclic) bond motifs is 1. The van der Waals surface area contributed by atoms with E-state index in [1.165, 1.54) is 25.7 Å². The minimum Gasteiger partial charge on any atom is -0.383 e. The van der Waals surface area contributed by atoms with Gasteiger partial charge in [0.05, 0.1) is 6.61 Å². The molecule has 22 heavy (non-hydrogen) atoms. The van der Waals surface area contributed by atoms with E-state index in [1.807, 2.05) is 23.2 Å². The lowest BCUT2D eigenvalue weighted by molar-refractivity contribution is -0.138. The van der Waals surface area contributed by atoms with Crippen LogP contribution in [0.4, 0.5) is 0 Å². The molecule has 2 aliphatic rings. The molecular formula is C18H26N2O2. The van der Waals surface area contributed by atoms with Crippen molar-refractivity contribution in [2.24, 2.45) is 17.8 Å². The quantitative estimate of drug-likeness (QED) is 0.811. The zero-order valence-electron chi connectivity index (χ0n) is 13.4. The molecule has 2 fully saturated rings. The molecule has 120 valence electrons. The molecule has 4 heteroatoms. The van der Waals surface area contributed by atoms with Crippen molar-refractivity contribution in [2.45, 2.75) is 38.6 Å². The Morgan fingerprint density at radius 3 is 3.05 bits per heavy atom. The molecule has 1 aromatic heterocycles. The maximum Gasteiger partial charge on any atom is 0.226 e. The topological polar surface area (TPSA) is 42.4 Å². The van der Waals surface area contributed by atoms with E-state index in [0.717, 1.165) is 17.9 Å². The van der Waals surface area contributed by atoms with E-state index < -0.39 is 0 Å². The third-order valence-corrected chi connectivity index (χ3v) is 5.37. The van der Waals surface area contributed by atoms with E-state index in [-0.39, 0.29) is 5.92 Å². The standard InChI is InChI=1S/C18H26N2O2/c1-22-11-10-20(13-14-4-3-9-19-12-14)18(21)17-8-7-15-5-2-6-16(15)17/h3-4,9,12,15-17H,2,5-8,10-11,13H2,1H3/t15-,16-,17-/m0/s1. The van der Waals surface area contributed by atoms with E-state index in [1.54, 1.807) is 13.3 Å². The number of methoxy groups -OCH3 is 1. The van der Waals surface area contributed by atoms with Gasteiger partial charge >= 0.3 is 0 Å². The van der Waals surface area contributed by atoms with Gasteiger partial charge in [-0.05, 0) is 42.7 Å². The minimum atomic E-state index is 0.237. The molecule has 0 radical (unpaired) electrons. The van der Waals surface area contributed by atoms with Gasteiger partial charge in [0.2, 0.25) is 5.91 Å². The molecule has 4 nitrogen and oxygen atoms in total. The molecule has 1 aromatic rings. The van der Waals surface area contributed by atoms with Gasteiger partial charge in [0, 0.05) is 38.5 Å². The molecule has 2 saturated carbocycles. The number of hydrogen-bond donors (Lipinski definition) is 0. The van der Waals surface area contributed by atoms with Crippen LogP contribution in [0.25, 0.3) is 0 Å². The number of carbonyl (C=O) groups excluding carboxylic acids is 1. The average molecular weight is 302 g/mol. The van der Waals surface area contributed by atoms with E-state index in [2.05, 4.69) is 4.98 Å². The number of amides is 1. The van der Waals surface area contributed by atoms with E-state index in [0.29, 0.717) is 31.5 Å². The molecule has 0 bridgehead atoms. The summed E-state index contributed by atoms with van der Waals surface area (Å²) in [5.41, 5.74) is 1.09. The zero-order chi connectivity index (χ0) is 15.4. The summed E-state index contributed by atoms with van der Waals surface area (Å²) in [6.07, 6.45) is 9.81. The second-order valence-corrected chi connectivity index (χ2v) is 6.65. The summed E-state index contributed by atoms with van der Waals surface area (Å²) >= 11 is 0. The van der Waals surface area contributed by atoms with Gasteiger partial charge in [-0.2, -0.15) is 0 Å². The van der Waals surface area contributed by atoms with Crippen molar-refractivity contribution in [3.8, 4) is 0 Å². The van der Waals surface area contributed by atoms with Crippen LogP contribution in [0.15, 0.2) is 24.5 Å². The van der Waals surface area contributed by atoms with Crippen LogP contribution in [0.1, 0.15) is 37.7 Å². The Morgan fingerprint density at radius 1 is 1.36 bits per heavy atom. The number of carbonyl (C=O) groups is 1. The highest BCUT2D eigenvalue weighted by Gasteiger charge is 2.43. The molecule has 3 rings (SSSR count). The molecule has 0 spiro atoms. The third kappa shape index (κ3) is 3.32. The lowest BCUT2D eigenvalue weighted by Gasteiger charge is -2.28. The average Bonchev–Trinajstić information content (AvgIpc) is 3.15. The fourth-order valence-electron chi connectivity index (χ4n) is 4.28. The Balaban J connectivity index is 1.69. The molecule has 3 atom stereocenters. The fourth-order valence-corrected chi connectivity index (χ4v) is 4.28. The van der Waals surface area contributed by atoms with Crippen LogP contribution in [0.5, 0.6) is 0 Å². The van der Waals surface area contributed by atoms with Gasteiger partial charge < -0.3 is 9.64 Å². The molecule has 1 heterocycles. The molecule has 0 aromatic carbocycles. The maximum absolute atomic E-state index is 13.0. The van der Waals surface area contributed by atoms with Crippen LogP contribution in [-0.4, -0.2) is 36.1 Å². The number of nitrogens with zero attached hydrogens (tertiary/aromatic N) is 2. The lowest BCUT2D eigenvalue weighted by atomic mass is 9.91. The summed E-state index contributed by atoms with van der Waals surface area (Å²) in [7, 11) is 1.69. The fraction of sp³-hybridized carbons (Fsp3) is 0.667. The maximum atomic E-state index is 13.0. The molecule has 2 aliphatic carbocycles. The van der Waals surface area contributed by atoms with Crippen molar-refractivity contribution in [1.82, 2.24) is 9.88 Å². The van der Waals surface area contributed by atoms with Gasteiger partial charge in [-0.15, -0.1) is 0 Å². The number of pyridine rings is 1. The number of aromatic nitrogens is 1. The van der Waals surface area contributed by atoms with Gasteiger partial charge in [0.1, 0.15) is 0 Å². The Kier molecular flexibility index (Phi) is 5.08. The van der Waals surface area contributed by atoms with Crippen LogP contribution < -0.4 is 0 Å². The summed E-state index contributed by atoms with van der Waals surface area (Å²) in [6.45, 7) is 1.90. The van der Waals surface area contributed by atoms with Crippen LogP contribution in [0.2, 0.25) is 0 Å². The third-order valence-electron chi connectivity index (χ3n) is 5.37. The highest BCUT2D eigenvalue weighted by atomic mass is 16.5. The van der Waals surface area contributed by atoms with E-state index >= 15 is 0 Å². The van der Waals surface area contributed by atoms with Crippen molar-refractivity contribution in [3.63, 3.8) is 0 Å². The Hall–Kier alpha value is -1.42. The van der Waals surface area contributed by atoms with E-state index in [9.17, 15) is 4.79 Å². The number of ether oxygens (including phenoxy) is 1. The first-order valence-corrected chi connectivity index (χ1v) is 8.46. The minimum absolute atomic E-state index is 0.237. The molecule has 0 aliphatic heterocycles. The van der Waals surface area contributed by atoms with Crippen molar-refractivity contribution < 1.29 is 9.53 Å². The molecule has 0 N–H and O–H groups in total. The van der Waals surface area contributed by atoms with Gasteiger partial charge in [0.25, 0.3) is 0 Å². The van der Waals surface area contributed by atoms with Gasteiger partial charge in [-0.25, -0.2) is 0 Å². The highest BCUT2D eigenvalue weighted by Crippen LogP contribution is 2.48. The van der Waals surface area contributed by atoms with Crippen molar-refractivity contribution >= 4 is 5.91 Å². The lowest BCUT2D eigenvalue weighted by Crippen LogP contribution is -2.39. The second kappa shape index (κ2) is 7.23. The summed E-state index contributed by atoms with van der Waals surface area (Å²) in [5, 5.41) is 0. The molecule has 1 amide bonds. The van der Waals surface area contributed by atoms with Crippen LogP contribution >= 0.6 is 0 Å². The van der Waals surface area contributed by atoms with E-state index in [4.69, 9.17) is 4.74 Å². The van der Waals surface area contributed by atoms with Gasteiger partial charge in [-0.1, -0.05) is 18.9 Å². The van der Waals surface area contributed by atoms with Crippen molar-refractivity contribution in [2.75, 3.05) is 20.3 Å². The monoisotopic (exact) mass is 302 g/mol. The van der Waals surface area contributed by atoms with Crippen molar-refractivity contribution in [3.05, 3.63) is 30.1 Å². The molecule has 0 saturated heterocycles. The predicted octanol–water partition coefficient (Wildman–Crippen LogP) is 2.88. The smallest absolute Gasteiger partial charge is 0.226 e. The van der Waals surface area contributed by atoms with Gasteiger partial charge in [0.15, 0.2) is 0 Å². The first-order chi connectivity index (χ1) is 10.8. The largest absolute Gasteiger partial charge is 0.383 e. The first kappa shape index (κ1) is 15.5. The summed E-state index contributed by atoms with van der Waals surface area (Å²) in [4.78, 5) is 19.2. The SMILES string of the molecule is COCCN(Cc1cccnc1)C(=O)[C@H]1CC[C@@H]2CCC[C@@H]21. The molecule has 0 unspecified atom stereocenters. The summed E-state index contributed by atoms with van der Waals surface area (Å²) in [6, 6.07) is 3.96. The highest BCUT2D eigenvalue weighted by molar-refractivity contribution is 5.79. The predicted molar refractivity (Wildman–Crippen MR) is 85.1 cm³/mol. The normalized spacial score (nSPS) is 26.9. The molecular weight excluding hydrogens is 276 g/mol. The second-order valence-electron chi connectivity index (χ2n) is 6.65. The Morgan fingerprint density at radius 2 is 2.27 bits per heavy atom. The van der Waals surface area contributed by atoms with Crippen LogP contribution in [0.3, 0.4) is 0 Å². The summed E-state index contributed by atoms with van der Waals surface area (Å²) in [5.74, 6) is 2.00. The van der Waals surface area contributed by atoms with Crippen LogP contribution in [0, 0.1) is 17.8 Å².